The van der Waals surface area contributed by atoms with Crippen molar-refractivity contribution in [1.29, 1.82) is 0 Å². The van der Waals surface area contributed by atoms with Crippen molar-refractivity contribution < 1.29 is 23.0 Å². The van der Waals surface area contributed by atoms with E-state index in [1.54, 1.807) is 6.07 Å². The third-order valence-corrected chi connectivity index (χ3v) is 2.44. The maximum Gasteiger partial charge on any atom is 0.416 e. The van der Waals surface area contributed by atoms with Gasteiger partial charge in [-0.15, -0.1) is 0 Å². The molecule has 0 fully saturated rings. The molecule has 0 aromatic heterocycles. The monoisotopic (exact) mass is 263 g/mol. The number of halogens is 3. The standard InChI is InChI=1S/C12H16F3NO2/c1-18-8-11(7-17)16-6-9-3-2-4-10(5-9)12(13,14)15/h2-5,11,16-17H,6-8H2,1H3. The number of hydrogen-bond acceptors (Lipinski definition) is 3. The lowest BCUT2D eigenvalue weighted by Gasteiger charge is -2.15. The molecule has 0 aliphatic carbocycles. The van der Waals surface area contributed by atoms with E-state index in [2.05, 4.69) is 5.32 Å². The predicted molar refractivity (Wildman–Crippen MR) is 61.0 cm³/mol. The number of rotatable bonds is 6. The van der Waals surface area contributed by atoms with Gasteiger partial charge in [0.15, 0.2) is 0 Å². The number of methoxy groups -OCH3 is 1. The Kier molecular flexibility index (Phi) is 5.58. The molecule has 0 amide bonds. The van der Waals surface area contributed by atoms with Crippen LogP contribution in [0.15, 0.2) is 24.3 Å². The molecule has 1 unspecified atom stereocenters. The lowest BCUT2D eigenvalue weighted by Crippen LogP contribution is -2.35. The van der Waals surface area contributed by atoms with Crippen molar-refractivity contribution in [3.05, 3.63) is 35.4 Å². The van der Waals surface area contributed by atoms with Crippen LogP contribution >= 0.6 is 0 Å². The number of aliphatic hydroxyl groups is 1. The smallest absolute Gasteiger partial charge is 0.395 e. The Morgan fingerprint density at radius 3 is 2.67 bits per heavy atom. The van der Waals surface area contributed by atoms with E-state index in [-0.39, 0.29) is 19.2 Å². The highest BCUT2D eigenvalue weighted by Gasteiger charge is 2.30. The van der Waals surface area contributed by atoms with Crippen LogP contribution in [0.25, 0.3) is 0 Å². The van der Waals surface area contributed by atoms with Crippen LogP contribution in [0.2, 0.25) is 0 Å². The number of alkyl halides is 3. The number of ether oxygens (including phenoxy) is 1. The molecule has 1 rings (SSSR count). The van der Waals surface area contributed by atoms with Crippen molar-refractivity contribution in [2.45, 2.75) is 18.8 Å². The zero-order chi connectivity index (χ0) is 13.6. The summed E-state index contributed by atoms with van der Waals surface area (Å²) in [5, 5.41) is 11.9. The second-order valence-electron chi connectivity index (χ2n) is 3.91. The molecule has 1 aromatic carbocycles. The number of benzene rings is 1. The Balaban J connectivity index is 2.62. The highest BCUT2D eigenvalue weighted by molar-refractivity contribution is 5.25. The molecular weight excluding hydrogens is 247 g/mol. The third-order valence-electron chi connectivity index (χ3n) is 2.44. The van der Waals surface area contributed by atoms with Gasteiger partial charge in [0.25, 0.3) is 0 Å². The fourth-order valence-electron chi connectivity index (χ4n) is 1.50. The Labute approximate surface area is 104 Å². The molecule has 0 saturated heterocycles. The van der Waals surface area contributed by atoms with Gasteiger partial charge in [0.05, 0.1) is 24.8 Å². The van der Waals surface area contributed by atoms with Crippen LogP contribution in [-0.2, 0) is 17.5 Å². The first-order chi connectivity index (χ1) is 8.47. The van der Waals surface area contributed by atoms with E-state index in [9.17, 15) is 13.2 Å². The molecule has 0 bridgehead atoms. The molecule has 102 valence electrons. The van der Waals surface area contributed by atoms with E-state index < -0.39 is 11.7 Å². The minimum Gasteiger partial charge on any atom is -0.395 e. The molecule has 18 heavy (non-hydrogen) atoms. The Morgan fingerprint density at radius 1 is 1.39 bits per heavy atom. The van der Waals surface area contributed by atoms with Gasteiger partial charge in [-0.25, -0.2) is 0 Å². The molecule has 0 aliphatic heterocycles. The molecule has 1 atom stereocenters. The molecule has 0 spiro atoms. The predicted octanol–water partition coefficient (Wildman–Crippen LogP) is 1.80. The summed E-state index contributed by atoms with van der Waals surface area (Å²) in [6.07, 6.45) is -4.33. The van der Waals surface area contributed by atoms with Gasteiger partial charge in [-0.3, -0.25) is 0 Å². The molecule has 0 radical (unpaired) electrons. The van der Waals surface area contributed by atoms with Crippen molar-refractivity contribution in [3.8, 4) is 0 Å². The van der Waals surface area contributed by atoms with Crippen LogP contribution in [0.1, 0.15) is 11.1 Å². The van der Waals surface area contributed by atoms with Crippen LogP contribution in [0.5, 0.6) is 0 Å². The summed E-state index contributed by atoms with van der Waals surface area (Å²) in [7, 11) is 1.49. The topological polar surface area (TPSA) is 41.5 Å². The van der Waals surface area contributed by atoms with E-state index in [4.69, 9.17) is 9.84 Å². The quantitative estimate of drug-likeness (QED) is 0.822. The summed E-state index contributed by atoms with van der Waals surface area (Å²) in [6.45, 7) is 0.417. The molecule has 6 heteroatoms. The average molecular weight is 263 g/mol. The molecule has 2 N–H and O–H groups in total. The molecule has 1 aromatic rings. The van der Waals surface area contributed by atoms with Gasteiger partial charge in [-0.05, 0) is 11.6 Å². The summed E-state index contributed by atoms with van der Waals surface area (Å²) in [5.41, 5.74) is -0.159. The summed E-state index contributed by atoms with van der Waals surface area (Å²) < 4.78 is 42.3. The number of aliphatic hydroxyl groups excluding tert-OH is 1. The van der Waals surface area contributed by atoms with Crippen LogP contribution in [0, 0.1) is 0 Å². The maximum atomic E-state index is 12.5. The summed E-state index contributed by atoms with van der Waals surface area (Å²) in [4.78, 5) is 0. The second kappa shape index (κ2) is 6.72. The number of hydrogen-bond donors (Lipinski definition) is 2. The second-order valence-corrected chi connectivity index (χ2v) is 3.91. The van der Waals surface area contributed by atoms with E-state index in [0.29, 0.717) is 12.2 Å². The van der Waals surface area contributed by atoms with E-state index in [1.165, 1.54) is 13.2 Å². The van der Waals surface area contributed by atoms with Crippen molar-refractivity contribution in [1.82, 2.24) is 5.32 Å². The molecule has 0 saturated carbocycles. The maximum absolute atomic E-state index is 12.5. The average Bonchev–Trinajstić information content (AvgIpc) is 2.34. The van der Waals surface area contributed by atoms with Crippen molar-refractivity contribution in [2.24, 2.45) is 0 Å². The van der Waals surface area contributed by atoms with Gasteiger partial charge in [0, 0.05) is 13.7 Å². The zero-order valence-electron chi connectivity index (χ0n) is 10.00. The van der Waals surface area contributed by atoms with E-state index in [0.717, 1.165) is 12.1 Å². The summed E-state index contributed by atoms with van der Waals surface area (Å²) >= 11 is 0. The van der Waals surface area contributed by atoms with Gasteiger partial charge in [0.1, 0.15) is 0 Å². The van der Waals surface area contributed by atoms with E-state index >= 15 is 0 Å². The Morgan fingerprint density at radius 2 is 2.11 bits per heavy atom. The summed E-state index contributed by atoms with van der Waals surface area (Å²) in [6, 6.07) is 4.80. The fourth-order valence-corrected chi connectivity index (χ4v) is 1.50. The van der Waals surface area contributed by atoms with Crippen molar-refractivity contribution >= 4 is 0 Å². The largest absolute Gasteiger partial charge is 0.416 e. The van der Waals surface area contributed by atoms with Crippen LogP contribution in [0.4, 0.5) is 13.2 Å². The first kappa shape index (κ1) is 14.9. The minimum atomic E-state index is -4.33. The molecule has 3 nitrogen and oxygen atoms in total. The van der Waals surface area contributed by atoms with E-state index in [1.807, 2.05) is 0 Å². The Bertz CT molecular complexity index is 369. The van der Waals surface area contributed by atoms with Gasteiger partial charge in [-0.2, -0.15) is 13.2 Å². The molecule has 0 heterocycles. The van der Waals surface area contributed by atoms with Crippen LogP contribution in [-0.4, -0.2) is 31.5 Å². The Hall–Kier alpha value is -1.11. The number of nitrogens with one attached hydrogen (secondary N) is 1. The highest BCUT2D eigenvalue weighted by Crippen LogP contribution is 2.29. The molecular formula is C12H16F3NO2. The fraction of sp³-hybridized carbons (Fsp3) is 0.500. The first-order valence-electron chi connectivity index (χ1n) is 5.46. The molecule has 0 aliphatic rings. The normalized spacial score (nSPS) is 13.6. The van der Waals surface area contributed by atoms with Gasteiger partial charge >= 0.3 is 6.18 Å². The first-order valence-corrected chi connectivity index (χ1v) is 5.46. The lowest BCUT2D eigenvalue weighted by molar-refractivity contribution is -0.137. The van der Waals surface area contributed by atoms with Crippen molar-refractivity contribution in [2.75, 3.05) is 20.3 Å². The van der Waals surface area contributed by atoms with Gasteiger partial charge < -0.3 is 15.2 Å². The lowest BCUT2D eigenvalue weighted by atomic mass is 10.1. The van der Waals surface area contributed by atoms with Crippen LogP contribution < -0.4 is 5.32 Å². The van der Waals surface area contributed by atoms with Gasteiger partial charge in [-0.1, -0.05) is 18.2 Å². The van der Waals surface area contributed by atoms with Crippen LogP contribution in [0.3, 0.4) is 0 Å². The highest BCUT2D eigenvalue weighted by atomic mass is 19.4. The third kappa shape index (κ3) is 4.64. The minimum absolute atomic E-state index is 0.132. The van der Waals surface area contributed by atoms with Crippen molar-refractivity contribution in [3.63, 3.8) is 0 Å². The van der Waals surface area contributed by atoms with Gasteiger partial charge in [0.2, 0.25) is 0 Å². The zero-order valence-corrected chi connectivity index (χ0v) is 10.00. The SMILES string of the molecule is COCC(CO)NCc1cccc(C(F)(F)F)c1. The summed E-state index contributed by atoms with van der Waals surface area (Å²) in [5.74, 6) is 0.